The number of hydrazone groups is 1. The van der Waals surface area contributed by atoms with Crippen molar-refractivity contribution in [2.75, 3.05) is 5.32 Å². The molecule has 0 aliphatic carbocycles. The van der Waals surface area contributed by atoms with Crippen molar-refractivity contribution in [3.63, 3.8) is 0 Å². The molecule has 3 aromatic rings. The lowest BCUT2D eigenvalue weighted by molar-refractivity contribution is -0.115. The number of amides is 2. The highest BCUT2D eigenvalue weighted by molar-refractivity contribution is 6.18. The van der Waals surface area contributed by atoms with Gasteiger partial charge in [0.15, 0.2) is 0 Å². The molecule has 0 unspecified atom stereocenters. The Hall–Kier alpha value is -3.41. The Morgan fingerprint density at radius 3 is 2.76 bits per heavy atom. The minimum Gasteiger partial charge on any atom is -0.354 e. The summed E-state index contributed by atoms with van der Waals surface area (Å²) in [6.45, 7) is 1.78. The molecular weight excluding hydrogens is 316 g/mol. The Bertz CT molecular complexity index is 1020. The van der Waals surface area contributed by atoms with Gasteiger partial charge < -0.3 is 10.3 Å². The van der Waals surface area contributed by atoms with Gasteiger partial charge in [0.25, 0.3) is 5.91 Å². The number of hydrogen-bond donors (Lipinski definition) is 3. The highest BCUT2D eigenvalue weighted by Gasteiger charge is 2.22. The lowest BCUT2D eigenvalue weighted by atomic mass is 10.0. The minimum absolute atomic E-state index is 0.105. The fourth-order valence-electron chi connectivity index (χ4n) is 3.04. The third kappa shape index (κ3) is 2.57. The number of H-pyrrole nitrogens is 1. The molecule has 1 aromatic heterocycles. The van der Waals surface area contributed by atoms with Gasteiger partial charge in [-0.15, -0.1) is 0 Å². The average molecular weight is 332 g/mol. The second-order valence-corrected chi connectivity index (χ2v) is 5.83. The lowest BCUT2D eigenvalue weighted by Gasteiger charge is -2.07. The van der Waals surface area contributed by atoms with Gasteiger partial charge in [-0.2, -0.15) is 5.10 Å². The molecule has 0 spiro atoms. The number of aromatic nitrogens is 1. The van der Waals surface area contributed by atoms with E-state index in [1.165, 1.54) is 0 Å². The molecule has 0 radical (unpaired) electrons. The van der Waals surface area contributed by atoms with Crippen LogP contribution in [0.2, 0.25) is 0 Å². The first kappa shape index (κ1) is 15.1. The van der Waals surface area contributed by atoms with Crippen LogP contribution in [0.5, 0.6) is 0 Å². The number of anilines is 1. The molecule has 6 heteroatoms. The topological polar surface area (TPSA) is 86.3 Å². The molecule has 1 aliphatic heterocycles. The van der Waals surface area contributed by atoms with Gasteiger partial charge in [0.05, 0.1) is 17.5 Å². The van der Waals surface area contributed by atoms with Crippen molar-refractivity contribution in [2.24, 2.45) is 5.10 Å². The predicted octanol–water partition coefficient (Wildman–Crippen LogP) is 3.26. The van der Waals surface area contributed by atoms with Crippen LogP contribution in [0.4, 0.5) is 5.69 Å². The van der Waals surface area contributed by atoms with Crippen molar-refractivity contribution in [3.05, 3.63) is 53.6 Å². The van der Waals surface area contributed by atoms with Gasteiger partial charge in [0, 0.05) is 28.6 Å². The normalized spacial score (nSPS) is 12.8. The fourth-order valence-corrected chi connectivity index (χ4v) is 3.04. The van der Waals surface area contributed by atoms with Crippen LogP contribution in [0.1, 0.15) is 29.3 Å². The molecule has 3 N–H and O–H groups in total. The van der Waals surface area contributed by atoms with E-state index in [0.717, 1.165) is 27.7 Å². The quantitative estimate of drug-likeness (QED) is 0.687. The molecule has 0 bridgehead atoms. The molecule has 2 aromatic carbocycles. The highest BCUT2D eigenvalue weighted by atomic mass is 16.2. The van der Waals surface area contributed by atoms with Gasteiger partial charge in [-0.25, -0.2) is 5.43 Å². The molecule has 25 heavy (non-hydrogen) atoms. The number of nitrogens with zero attached hydrogens (tertiary/aromatic N) is 1. The second kappa shape index (κ2) is 5.90. The summed E-state index contributed by atoms with van der Waals surface area (Å²) in [7, 11) is 0. The van der Waals surface area contributed by atoms with Gasteiger partial charge in [-0.1, -0.05) is 37.3 Å². The second-order valence-electron chi connectivity index (χ2n) is 5.83. The average Bonchev–Trinajstić information content (AvgIpc) is 2.91. The van der Waals surface area contributed by atoms with E-state index < -0.39 is 0 Å². The van der Waals surface area contributed by atoms with Gasteiger partial charge in [-0.05, 0) is 17.7 Å². The highest BCUT2D eigenvalue weighted by Crippen LogP contribution is 2.34. The maximum atomic E-state index is 12.4. The molecule has 4 rings (SSSR count). The molecule has 2 heterocycles. The number of carbonyl (C=O) groups is 2. The Kier molecular flexibility index (Phi) is 3.57. The minimum atomic E-state index is -0.300. The molecule has 2 amide bonds. The van der Waals surface area contributed by atoms with Crippen molar-refractivity contribution >= 4 is 34.6 Å². The molecule has 0 saturated heterocycles. The van der Waals surface area contributed by atoms with Gasteiger partial charge >= 0.3 is 0 Å². The summed E-state index contributed by atoms with van der Waals surface area (Å²) in [5.74, 6) is -0.405. The SMILES string of the molecule is CCC(=O)Nc1cc2c3c(c(-c4ccccc4)[nH]c3c1)C=NNC2=O. The maximum Gasteiger partial charge on any atom is 0.272 e. The van der Waals surface area contributed by atoms with Crippen LogP contribution in [0.25, 0.3) is 22.2 Å². The van der Waals surface area contributed by atoms with Crippen molar-refractivity contribution in [1.82, 2.24) is 10.4 Å². The Morgan fingerprint density at radius 1 is 1.20 bits per heavy atom. The van der Waals surface area contributed by atoms with Crippen LogP contribution in [0.15, 0.2) is 47.6 Å². The van der Waals surface area contributed by atoms with E-state index in [-0.39, 0.29) is 11.8 Å². The van der Waals surface area contributed by atoms with Crippen LogP contribution in [0.3, 0.4) is 0 Å². The Labute approximate surface area is 143 Å². The molecule has 0 saturated carbocycles. The Balaban J connectivity index is 1.98. The number of rotatable bonds is 3. The van der Waals surface area contributed by atoms with Crippen LogP contribution < -0.4 is 10.7 Å². The number of carbonyl (C=O) groups excluding carboxylic acids is 2. The maximum absolute atomic E-state index is 12.4. The zero-order valence-corrected chi connectivity index (χ0v) is 13.6. The van der Waals surface area contributed by atoms with E-state index in [1.54, 1.807) is 19.2 Å². The van der Waals surface area contributed by atoms with E-state index in [9.17, 15) is 9.59 Å². The van der Waals surface area contributed by atoms with Crippen molar-refractivity contribution in [2.45, 2.75) is 13.3 Å². The number of benzene rings is 2. The third-order valence-corrected chi connectivity index (χ3v) is 4.21. The molecule has 0 fully saturated rings. The van der Waals surface area contributed by atoms with E-state index in [2.05, 4.69) is 20.8 Å². The summed E-state index contributed by atoms with van der Waals surface area (Å²) < 4.78 is 0. The van der Waals surface area contributed by atoms with E-state index in [1.807, 2.05) is 36.4 Å². The first-order valence-electron chi connectivity index (χ1n) is 8.05. The summed E-state index contributed by atoms with van der Waals surface area (Å²) in [5, 5.41) is 7.64. The van der Waals surface area contributed by atoms with Gasteiger partial charge in [0.1, 0.15) is 0 Å². The Morgan fingerprint density at radius 2 is 2.00 bits per heavy atom. The van der Waals surface area contributed by atoms with Crippen LogP contribution in [-0.2, 0) is 4.79 Å². The fraction of sp³-hybridized carbons (Fsp3) is 0.105. The van der Waals surface area contributed by atoms with E-state index in [0.29, 0.717) is 17.7 Å². The first-order chi connectivity index (χ1) is 12.2. The zero-order chi connectivity index (χ0) is 17.4. The predicted molar refractivity (Wildman–Crippen MR) is 97.7 cm³/mol. The summed E-state index contributed by atoms with van der Waals surface area (Å²) in [4.78, 5) is 27.5. The first-order valence-corrected chi connectivity index (χ1v) is 8.05. The third-order valence-electron chi connectivity index (χ3n) is 4.21. The summed E-state index contributed by atoms with van der Waals surface area (Å²) in [6, 6.07) is 13.4. The molecule has 124 valence electrons. The van der Waals surface area contributed by atoms with Crippen molar-refractivity contribution in [3.8, 4) is 11.3 Å². The molecule has 0 atom stereocenters. The summed E-state index contributed by atoms with van der Waals surface area (Å²) in [5.41, 5.74) is 7.09. The van der Waals surface area contributed by atoms with Crippen LogP contribution in [-0.4, -0.2) is 23.0 Å². The smallest absolute Gasteiger partial charge is 0.272 e. The molecular formula is C19H16N4O2. The zero-order valence-electron chi connectivity index (χ0n) is 13.6. The monoisotopic (exact) mass is 332 g/mol. The number of nitrogens with one attached hydrogen (secondary N) is 3. The lowest BCUT2D eigenvalue weighted by Crippen LogP contribution is -2.17. The van der Waals surface area contributed by atoms with Crippen LogP contribution in [0, 0.1) is 0 Å². The van der Waals surface area contributed by atoms with Crippen LogP contribution >= 0.6 is 0 Å². The van der Waals surface area contributed by atoms with Gasteiger partial charge in [-0.3, -0.25) is 9.59 Å². The summed E-state index contributed by atoms with van der Waals surface area (Å²) in [6.07, 6.45) is 2.02. The number of hydrogen-bond acceptors (Lipinski definition) is 3. The van der Waals surface area contributed by atoms with E-state index >= 15 is 0 Å². The standard InChI is InChI=1S/C19H16N4O2/c1-2-16(24)21-12-8-13-17-14(10-20-23-19(13)25)18(22-15(17)9-12)11-6-4-3-5-7-11/h3-10,22H,2H2,1H3,(H,21,24)(H,23,25). The van der Waals surface area contributed by atoms with Crippen molar-refractivity contribution in [1.29, 1.82) is 0 Å². The summed E-state index contributed by atoms with van der Waals surface area (Å²) >= 11 is 0. The molecule has 1 aliphatic rings. The van der Waals surface area contributed by atoms with Gasteiger partial charge in [0.2, 0.25) is 5.91 Å². The number of aromatic amines is 1. The van der Waals surface area contributed by atoms with Crippen molar-refractivity contribution < 1.29 is 9.59 Å². The van der Waals surface area contributed by atoms with E-state index in [4.69, 9.17) is 0 Å². The molecule has 6 nitrogen and oxygen atoms in total. The largest absolute Gasteiger partial charge is 0.354 e.